The molecule has 1 aliphatic heterocycles. The van der Waals surface area contributed by atoms with Crippen LogP contribution in [0.5, 0.6) is 0 Å². The second-order valence-electron chi connectivity index (χ2n) is 6.00. The van der Waals surface area contributed by atoms with Gasteiger partial charge in [-0.05, 0) is 42.6 Å². The SMILES string of the molecule is Cc1ccc(N2C(=O)C(Nc3ccccc3)=C(c3cccs3)C2=O)cc1. The van der Waals surface area contributed by atoms with Gasteiger partial charge in [0.15, 0.2) is 0 Å². The second-order valence-corrected chi connectivity index (χ2v) is 6.95. The summed E-state index contributed by atoms with van der Waals surface area (Å²) in [6.07, 6.45) is 0. The summed E-state index contributed by atoms with van der Waals surface area (Å²) < 4.78 is 0. The Labute approximate surface area is 155 Å². The van der Waals surface area contributed by atoms with Crippen LogP contribution in [0.2, 0.25) is 0 Å². The number of thiophene rings is 1. The highest BCUT2D eigenvalue weighted by atomic mass is 32.1. The smallest absolute Gasteiger partial charge is 0.282 e. The van der Waals surface area contributed by atoms with Crippen LogP contribution < -0.4 is 10.2 Å². The first-order valence-electron chi connectivity index (χ1n) is 8.21. The number of anilines is 2. The molecule has 0 bridgehead atoms. The van der Waals surface area contributed by atoms with Crippen LogP contribution in [-0.4, -0.2) is 11.8 Å². The molecule has 0 unspecified atom stereocenters. The molecule has 1 aliphatic rings. The quantitative estimate of drug-likeness (QED) is 0.699. The molecular formula is C21H16N2O2S. The monoisotopic (exact) mass is 360 g/mol. The summed E-state index contributed by atoms with van der Waals surface area (Å²) in [4.78, 5) is 28.2. The first kappa shape index (κ1) is 16.3. The van der Waals surface area contributed by atoms with Crippen molar-refractivity contribution in [2.75, 3.05) is 10.2 Å². The molecule has 0 fully saturated rings. The third kappa shape index (κ3) is 2.82. The summed E-state index contributed by atoms with van der Waals surface area (Å²) in [6.45, 7) is 1.97. The fraction of sp³-hybridized carbons (Fsp3) is 0.0476. The van der Waals surface area contributed by atoms with Gasteiger partial charge >= 0.3 is 0 Å². The molecule has 0 radical (unpaired) electrons. The summed E-state index contributed by atoms with van der Waals surface area (Å²) in [6, 6.07) is 20.5. The minimum Gasteiger partial charge on any atom is -0.350 e. The number of carbonyl (C=O) groups is 2. The molecule has 0 saturated carbocycles. The fourth-order valence-corrected chi connectivity index (χ4v) is 3.66. The van der Waals surface area contributed by atoms with Crippen molar-refractivity contribution in [3.8, 4) is 0 Å². The van der Waals surface area contributed by atoms with E-state index in [9.17, 15) is 9.59 Å². The summed E-state index contributed by atoms with van der Waals surface area (Å²) in [7, 11) is 0. The van der Waals surface area contributed by atoms with Gasteiger partial charge in [0.2, 0.25) is 0 Å². The molecule has 0 aliphatic carbocycles. The van der Waals surface area contributed by atoms with Gasteiger partial charge in [0.05, 0.1) is 11.3 Å². The van der Waals surface area contributed by atoms with Crippen molar-refractivity contribution in [3.63, 3.8) is 0 Å². The van der Waals surface area contributed by atoms with Gasteiger partial charge in [0.1, 0.15) is 5.70 Å². The van der Waals surface area contributed by atoms with Crippen LogP contribution in [0.4, 0.5) is 11.4 Å². The number of rotatable bonds is 4. The van der Waals surface area contributed by atoms with E-state index in [1.54, 1.807) is 12.1 Å². The van der Waals surface area contributed by atoms with Gasteiger partial charge in [-0.15, -0.1) is 11.3 Å². The van der Waals surface area contributed by atoms with E-state index in [2.05, 4.69) is 5.32 Å². The largest absolute Gasteiger partial charge is 0.350 e. The lowest BCUT2D eigenvalue weighted by Gasteiger charge is -2.15. The van der Waals surface area contributed by atoms with E-state index in [0.717, 1.165) is 16.1 Å². The van der Waals surface area contributed by atoms with Crippen molar-refractivity contribution >= 4 is 40.1 Å². The summed E-state index contributed by atoms with van der Waals surface area (Å²) in [5.41, 5.74) is 3.13. The molecule has 2 aromatic carbocycles. The van der Waals surface area contributed by atoms with Gasteiger partial charge in [0, 0.05) is 10.6 Å². The molecular weight excluding hydrogens is 344 g/mol. The molecule has 128 valence electrons. The number of benzene rings is 2. The van der Waals surface area contributed by atoms with Gasteiger partial charge in [-0.25, -0.2) is 4.90 Å². The Morgan fingerprint density at radius 1 is 0.846 bits per heavy atom. The Morgan fingerprint density at radius 2 is 1.58 bits per heavy atom. The number of amides is 2. The minimum absolute atomic E-state index is 0.306. The Bertz CT molecular complexity index is 990. The van der Waals surface area contributed by atoms with Gasteiger partial charge in [-0.2, -0.15) is 0 Å². The maximum absolute atomic E-state index is 13.1. The average Bonchev–Trinajstić information content (AvgIpc) is 3.25. The van der Waals surface area contributed by atoms with Crippen LogP contribution >= 0.6 is 11.3 Å². The summed E-state index contributed by atoms with van der Waals surface area (Å²) >= 11 is 1.44. The molecule has 4 rings (SSSR count). The summed E-state index contributed by atoms with van der Waals surface area (Å²) in [5.74, 6) is -0.647. The Kier molecular flexibility index (Phi) is 4.14. The zero-order chi connectivity index (χ0) is 18.1. The van der Waals surface area contributed by atoms with Crippen LogP contribution in [0.3, 0.4) is 0 Å². The maximum atomic E-state index is 13.1. The number of nitrogens with zero attached hydrogens (tertiary/aromatic N) is 1. The zero-order valence-corrected chi connectivity index (χ0v) is 14.9. The minimum atomic E-state index is -0.342. The van der Waals surface area contributed by atoms with E-state index >= 15 is 0 Å². The van der Waals surface area contributed by atoms with Crippen molar-refractivity contribution < 1.29 is 9.59 Å². The number of carbonyl (C=O) groups excluding carboxylic acids is 2. The van der Waals surface area contributed by atoms with Gasteiger partial charge < -0.3 is 5.32 Å². The Hall–Kier alpha value is -3.18. The molecule has 0 saturated heterocycles. The Morgan fingerprint density at radius 3 is 2.23 bits per heavy atom. The van der Waals surface area contributed by atoms with Crippen molar-refractivity contribution in [2.45, 2.75) is 6.92 Å². The average molecular weight is 360 g/mol. The molecule has 1 N–H and O–H groups in total. The third-order valence-corrected chi connectivity index (χ3v) is 5.07. The normalized spacial score (nSPS) is 14.3. The number of aryl methyl sites for hydroxylation is 1. The molecule has 26 heavy (non-hydrogen) atoms. The molecule has 2 amide bonds. The molecule has 4 nitrogen and oxygen atoms in total. The van der Waals surface area contributed by atoms with Gasteiger partial charge in [-0.1, -0.05) is 42.0 Å². The maximum Gasteiger partial charge on any atom is 0.282 e. The van der Waals surface area contributed by atoms with Crippen LogP contribution in [0.25, 0.3) is 5.57 Å². The zero-order valence-electron chi connectivity index (χ0n) is 14.1. The molecule has 0 spiro atoms. The highest BCUT2D eigenvalue weighted by Crippen LogP contribution is 2.35. The lowest BCUT2D eigenvalue weighted by molar-refractivity contribution is -0.120. The Balaban J connectivity index is 1.79. The number of para-hydroxylation sites is 1. The van der Waals surface area contributed by atoms with Crippen molar-refractivity contribution in [3.05, 3.63) is 88.2 Å². The van der Waals surface area contributed by atoms with Gasteiger partial charge in [-0.3, -0.25) is 9.59 Å². The molecule has 2 heterocycles. The van der Waals surface area contributed by atoms with E-state index in [-0.39, 0.29) is 11.8 Å². The molecule has 3 aromatic rings. The summed E-state index contributed by atoms with van der Waals surface area (Å²) in [5, 5.41) is 5.04. The van der Waals surface area contributed by atoms with Crippen LogP contribution in [-0.2, 0) is 9.59 Å². The molecule has 5 heteroatoms. The predicted molar refractivity (Wildman–Crippen MR) is 105 cm³/mol. The number of imide groups is 1. The first-order chi connectivity index (χ1) is 12.6. The van der Waals surface area contributed by atoms with Crippen molar-refractivity contribution in [1.82, 2.24) is 0 Å². The fourth-order valence-electron chi connectivity index (χ4n) is 2.89. The van der Waals surface area contributed by atoms with Crippen LogP contribution in [0, 0.1) is 6.92 Å². The highest BCUT2D eigenvalue weighted by Gasteiger charge is 2.40. The highest BCUT2D eigenvalue weighted by molar-refractivity contribution is 7.11. The van der Waals surface area contributed by atoms with Gasteiger partial charge in [0.25, 0.3) is 11.8 Å². The number of hydrogen-bond acceptors (Lipinski definition) is 4. The lowest BCUT2D eigenvalue weighted by atomic mass is 10.2. The van der Waals surface area contributed by atoms with Crippen molar-refractivity contribution in [1.29, 1.82) is 0 Å². The molecule has 0 atom stereocenters. The first-order valence-corrected chi connectivity index (χ1v) is 9.09. The van der Waals surface area contributed by atoms with Crippen LogP contribution in [0.15, 0.2) is 77.8 Å². The number of hydrogen-bond donors (Lipinski definition) is 1. The topological polar surface area (TPSA) is 49.4 Å². The lowest BCUT2D eigenvalue weighted by Crippen LogP contribution is -2.32. The van der Waals surface area contributed by atoms with E-state index < -0.39 is 0 Å². The van der Waals surface area contributed by atoms with Crippen LogP contribution in [0.1, 0.15) is 10.4 Å². The number of nitrogens with one attached hydrogen (secondary N) is 1. The van der Waals surface area contributed by atoms with E-state index in [0.29, 0.717) is 17.0 Å². The van der Waals surface area contributed by atoms with E-state index in [1.807, 2.05) is 66.9 Å². The third-order valence-electron chi connectivity index (χ3n) is 4.19. The van der Waals surface area contributed by atoms with Crippen molar-refractivity contribution in [2.24, 2.45) is 0 Å². The molecule has 1 aromatic heterocycles. The predicted octanol–water partition coefficient (Wildman–Crippen LogP) is 4.45. The second kappa shape index (κ2) is 6.61. The van der Waals surface area contributed by atoms with E-state index in [1.165, 1.54) is 16.2 Å². The standard InChI is InChI=1S/C21H16N2O2S/c1-14-9-11-16(12-10-14)23-20(24)18(17-8-5-13-26-17)19(21(23)25)22-15-6-3-2-4-7-15/h2-13,22H,1H3. The van der Waals surface area contributed by atoms with E-state index in [4.69, 9.17) is 0 Å².